The molecule has 0 aliphatic rings. The summed E-state index contributed by atoms with van der Waals surface area (Å²) < 4.78 is 51.3. The van der Waals surface area contributed by atoms with E-state index in [1.165, 1.54) is 18.3 Å². The van der Waals surface area contributed by atoms with Gasteiger partial charge in [0.05, 0.1) is 11.3 Å². The number of thiocarbonyl (C=S) groups is 1. The van der Waals surface area contributed by atoms with Gasteiger partial charge in [-0.3, -0.25) is 0 Å². The van der Waals surface area contributed by atoms with Crippen LogP contribution in [-0.2, 0) is 6.18 Å². The van der Waals surface area contributed by atoms with Gasteiger partial charge in [0, 0.05) is 11.8 Å². The third-order valence-electron chi connectivity index (χ3n) is 2.60. The number of nitrogens with one attached hydrogen (secondary N) is 1. The standard InChI is InChI=1S/C13H9F4N3S/c14-9-3-2-8(13(15,16)17)5-10(9)20-11-4-1-7(6-19-11)12(18)21/h1-6H,(H2,18,21)(H,19,20). The molecule has 21 heavy (non-hydrogen) atoms. The Morgan fingerprint density at radius 3 is 2.43 bits per heavy atom. The van der Waals surface area contributed by atoms with E-state index in [1.54, 1.807) is 0 Å². The Kier molecular flexibility index (Phi) is 4.08. The summed E-state index contributed by atoms with van der Waals surface area (Å²) in [6, 6.07) is 5.06. The lowest BCUT2D eigenvalue weighted by Crippen LogP contribution is -2.10. The Hall–Kier alpha value is -2.22. The van der Waals surface area contributed by atoms with Gasteiger partial charge in [-0.1, -0.05) is 12.2 Å². The van der Waals surface area contributed by atoms with Gasteiger partial charge in [-0.15, -0.1) is 0 Å². The number of alkyl halides is 3. The molecule has 0 saturated carbocycles. The first-order chi connectivity index (χ1) is 9.77. The van der Waals surface area contributed by atoms with Crippen LogP contribution in [0.5, 0.6) is 0 Å². The van der Waals surface area contributed by atoms with Crippen molar-refractivity contribution in [3.63, 3.8) is 0 Å². The van der Waals surface area contributed by atoms with E-state index >= 15 is 0 Å². The molecule has 2 rings (SSSR count). The molecule has 0 spiro atoms. The molecule has 3 N–H and O–H groups in total. The number of aromatic nitrogens is 1. The van der Waals surface area contributed by atoms with Crippen LogP contribution in [0.4, 0.5) is 29.1 Å². The summed E-state index contributed by atoms with van der Waals surface area (Å²) >= 11 is 4.75. The van der Waals surface area contributed by atoms with Crippen LogP contribution < -0.4 is 11.1 Å². The summed E-state index contributed by atoms with van der Waals surface area (Å²) in [4.78, 5) is 4.04. The normalized spacial score (nSPS) is 11.2. The van der Waals surface area contributed by atoms with E-state index in [-0.39, 0.29) is 16.5 Å². The highest BCUT2D eigenvalue weighted by molar-refractivity contribution is 7.80. The molecule has 0 bridgehead atoms. The molecule has 8 heteroatoms. The summed E-state index contributed by atoms with van der Waals surface area (Å²) in [5, 5.41) is 2.48. The third kappa shape index (κ3) is 3.66. The van der Waals surface area contributed by atoms with Crippen molar-refractivity contribution in [2.75, 3.05) is 5.32 Å². The maximum Gasteiger partial charge on any atom is 0.416 e. The van der Waals surface area contributed by atoms with E-state index in [0.717, 1.165) is 6.07 Å². The molecule has 1 heterocycles. The van der Waals surface area contributed by atoms with Gasteiger partial charge in [-0.25, -0.2) is 9.37 Å². The van der Waals surface area contributed by atoms with Gasteiger partial charge in [-0.2, -0.15) is 13.2 Å². The Morgan fingerprint density at radius 2 is 1.90 bits per heavy atom. The molecule has 0 atom stereocenters. The van der Waals surface area contributed by atoms with Crippen molar-refractivity contribution >= 4 is 28.7 Å². The maximum atomic E-state index is 13.6. The zero-order valence-electron chi connectivity index (χ0n) is 10.4. The lowest BCUT2D eigenvalue weighted by Gasteiger charge is -2.11. The van der Waals surface area contributed by atoms with Crippen molar-refractivity contribution in [3.8, 4) is 0 Å². The number of hydrogen-bond acceptors (Lipinski definition) is 3. The van der Waals surface area contributed by atoms with E-state index in [0.29, 0.717) is 17.7 Å². The Bertz CT molecular complexity index is 668. The predicted molar refractivity (Wildman–Crippen MR) is 74.8 cm³/mol. The fraction of sp³-hybridized carbons (Fsp3) is 0.0769. The van der Waals surface area contributed by atoms with Crippen LogP contribution in [0.1, 0.15) is 11.1 Å². The monoisotopic (exact) mass is 315 g/mol. The number of anilines is 2. The fourth-order valence-corrected chi connectivity index (χ4v) is 1.67. The van der Waals surface area contributed by atoms with E-state index in [1.807, 2.05) is 0 Å². The van der Waals surface area contributed by atoms with Crippen molar-refractivity contribution in [2.45, 2.75) is 6.18 Å². The topological polar surface area (TPSA) is 50.9 Å². The number of hydrogen-bond donors (Lipinski definition) is 2. The van der Waals surface area contributed by atoms with E-state index < -0.39 is 17.6 Å². The minimum absolute atomic E-state index is 0.138. The molecule has 0 fully saturated rings. The first-order valence-electron chi connectivity index (χ1n) is 5.67. The van der Waals surface area contributed by atoms with Crippen molar-refractivity contribution in [2.24, 2.45) is 5.73 Å². The zero-order valence-corrected chi connectivity index (χ0v) is 11.2. The zero-order chi connectivity index (χ0) is 15.6. The van der Waals surface area contributed by atoms with Crippen LogP contribution in [0, 0.1) is 5.82 Å². The first-order valence-corrected chi connectivity index (χ1v) is 6.08. The highest BCUT2D eigenvalue weighted by Crippen LogP contribution is 2.32. The van der Waals surface area contributed by atoms with Gasteiger partial charge < -0.3 is 11.1 Å². The van der Waals surface area contributed by atoms with E-state index in [9.17, 15) is 17.6 Å². The molecule has 2 aromatic rings. The second-order valence-corrected chi connectivity index (χ2v) is 4.55. The van der Waals surface area contributed by atoms with Crippen LogP contribution in [0.3, 0.4) is 0 Å². The SMILES string of the molecule is NC(=S)c1ccc(Nc2cc(C(F)(F)F)ccc2F)nc1. The van der Waals surface area contributed by atoms with Gasteiger partial charge in [0.1, 0.15) is 16.6 Å². The molecular weight excluding hydrogens is 306 g/mol. The molecule has 0 aliphatic carbocycles. The Balaban J connectivity index is 2.28. The minimum Gasteiger partial charge on any atom is -0.389 e. The molecule has 3 nitrogen and oxygen atoms in total. The second-order valence-electron chi connectivity index (χ2n) is 4.11. The van der Waals surface area contributed by atoms with Crippen LogP contribution in [-0.4, -0.2) is 9.97 Å². The molecule has 0 amide bonds. The summed E-state index contributed by atoms with van der Waals surface area (Å²) in [6.45, 7) is 0. The number of nitrogens with two attached hydrogens (primary N) is 1. The van der Waals surface area contributed by atoms with Crippen LogP contribution in [0.2, 0.25) is 0 Å². The lowest BCUT2D eigenvalue weighted by atomic mass is 10.2. The van der Waals surface area contributed by atoms with Crippen LogP contribution in [0.25, 0.3) is 0 Å². The molecule has 1 aromatic carbocycles. The number of halogens is 4. The van der Waals surface area contributed by atoms with Gasteiger partial charge >= 0.3 is 6.18 Å². The number of benzene rings is 1. The summed E-state index contributed by atoms with van der Waals surface area (Å²) in [6.07, 6.45) is -3.21. The Morgan fingerprint density at radius 1 is 1.19 bits per heavy atom. The lowest BCUT2D eigenvalue weighted by molar-refractivity contribution is -0.137. The smallest absolute Gasteiger partial charge is 0.389 e. The Labute approximate surface area is 122 Å². The maximum absolute atomic E-state index is 13.6. The van der Waals surface area contributed by atoms with Gasteiger partial charge in [0.2, 0.25) is 0 Å². The average Bonchev–Trinajstić information content (AvgIpc) is 2.40. The summed E-state index contributed by atoms with van der Waals surface area (Å²) in [5.74, 6) is -0.642. The number of nitrogens with zero attached hydrogens (tertiary/aromatic N) is 1. The highest BCUT2D eigenvalue weighted by Gasteiger charge is 2.31. The molecular formula is C13H9F4N3S. The quantitative estimate of drug-likeness (QED) is 0.671. The summed E-state index contributed by atoms with van der Waals surface area (Å²) in [5.41, 5.74) is 4.62. The van der Waals surface area contributed by atoms with Crippen molar-refractivity contribution in [1.82, 2.24) is 4.98 Å². The van der Waals surface area contributed by atoms with Crippen molar-refractivity contribution in [1.29, 1.82) is 0 Å². The van der Waals surface area contributed by atoms with Crippen LogP contribution >= 0.6 is 12.2 Å². The van der Waals surface area contributed by atoms with Gasteiger partial charge in [0.25, 0.3) is 0 Å². The number of rotatable bonds is 3. The molecule has 0 unspecified atom stereocenters. The molecule has 0 aliphatic heterocycles. The van der Waals surface area contributed by atoms with Crippen molar-refractivity contribution < 1.29 is 17.6 Å². The second kappa shape index (κ2) is 5.65. The first kappa shape index (κ1) is 15.2. The molecule has 1 aromatic heterocycles. The molecule has 0 saturated heterocycles. The molecule has 110 valence electrons. The predicted octanol–water partition coefficient (Wildman–Crippen LogP) is 3.62. The van der Waals surface area contributed by atoms with Crippen LogP contribution in [0.15, 0.2) is 36.5 Å². The van der Waals surface area contributed by atoms with Gasteiger partial charge in [-0.05, 0) is 30.3 Å². The van der Waals surface area contributed by atoms with E-state index in [2.05, 4.69) is 10.3 Å². The van der Waals surface area contributed by atoms with E-state index in [4.69, 9.17) is 18.0 Å². The third-order valence-corrected chi connectivity index (χ3v) is 2.84. The van der Waals surface area contributed by atoms with Crippen molar-refractivity contribution in [3.05, 3.63) is 53.5 Å². The summed E-state index contributed by atoms with van der Waals surface area (Å²) in [7, 11) is 0. The number of pyridine rings is 1. The fourth-order valence-electron chi connectivity index (χ4n) is 1.55. The largest absolute Gasteiger partial charge is 0.416 e. The minimum atomic E-state index is -4.55. The molecule has 0 radical (unpaired) electrons. The van der Waals surface area contributed by atoms with Gasteiger partial charge in [0.15, 0.2) is 0 Å². The average molecular weight is 315 g/mol. The highest BCUT2D eigenvalue weighted by atomic mass is 32.1.